The molecule has 5 heteroatoms. The highest BCUT2D eigenvalue weighted by molar-refractivity contribution is 6.02. The number of ether oxygens (including phenoxy) is 1. The van der Waals surface area contributed by atoms with Gasteiger partial charge in [-0.05, 0) is 42.0 Å². The molecule has 0 saturated heterocycles. The Labute approximate surface area is 162 Å². The van der Waals surface area contributed by atoms with Crippen LogP contribution in [-0.4, -0.2) is 18.0 Å². The van der Waals surface area contributed by atoms with Crippen LogP contribution < -0.4 is 10.1 Å². The van der Waals surface area contributed by atoms with Crippen molar-refractivity contribution in [3.8, 4) is 17.2 Å². The summed E-state index contributed by atoms with van der Waals surface area (Å²) >= 11 is 0. The lowest BCUT2D eigenvalue weighted by atomic mass is 10.2. The zero-order chi connectivity index (χ0) is 19.3. The molecule has 1 N–H and O–H groups in total. The topological polar surface area (TPSA) is 64.4 Å². The number of anilines is 1. The minimum absolute atomic E-state index is 0.205. The molecule has 0 radical (unpaired) electrons. The van der Waals surface area contributed by atoms with Crippen molar-refractivity contribution in [2.24, 2.45) is 0 Å². The highest BCUT2D eigenvalue weighted by Gasteiger charge is 2.10. The van der Waals surface area contributed by atoms with Crippen LogP contribution in [0.25, 0.3) is 28.6 Å². The summed E-state index contributed by atoms with van der Waals surface area (Å²) in [5.74, 6) is 1.00. The predicted molar refractivity (Wildman–Crippen MR) is 110 cm³/mol. The van der Waals surface area contributed by atoms with Crippen molar-refractivity contribution >= 4 is 28.8 Å². The molecule has 4 aromatic rings. The second-order valence-electron chi connectivity index (χ2n) is 6.17. The normalized spacial score (nSPS) is 11.0. The standard InChI is InChI=1S/C23H18N2O3/c1-27-19-11-12-21-20(15-19)25-23(28-21)17-8-5-9-18(14-17)24-22(26)13-10-16-6-3-2-4-7-16/h2-15H,1H3,(H,24,26). The lowest BCUT2D eigenvalue weighted by molar-refractivity contribution is -0.111. The molecule has 0 saturated carbocycles. The molecule has 1 heterocycles. The van der Waals surface area contributed by atoms with Crippen LogP contribution in [0.15, 0.2) is 83.3 Å². The van der Waals surface area contributed by atoms with E-state index in [9.17, 15) is 4.79 Å². The molecule has 0 aliphatic rings. The molecule has 5 nitrogen and oxygen atoms in total. The molecule has 0 unspecified atom stereocenters. The monoisotopic (exact) mass is 370 g/mol. The van der Waals surface area contributed by atoms with Crippen LogP contribution >= 0.6 is 0 Å². The molecular weight excluding hydrogens is 352 g/mol. The number of amides is 1. The smallest absolute Gasteiger partial charge is 0.248 e. The van der Waals surface area contributed by atoms with Crippen LogP contribution in [0.2, 0.25) is 0 Å². The molecule has 3 aromatic carbocycles. The van der Waals surface area contributed by atoms with Gasteiger partial charge in [0.25, 0.3) is 0 Å². The Morgan fingerprint density at radius 3 is 2.71 bits per heavy atom. The number of nitrogens with zero attached hydrogens (tertiary/aromatic N) is 1. The third-order valence-corrected chi connectivity index (χ3v) is 4.20. The fourth-order valence-corrected chi connectivity index (χ4v) is 2.81. The maximum Gasteiger partial charge on any atom is 0.248 e. The van der Waals surface area contributed by atoms with E-state index in [1.165, 1.54) is 6.08 Å². The average molecular weight is 370 g/mol. The van der Waals surface area contributed by atoms with Gasteiger partial charge >= 0.3 is 0 Å². The van der Waals surface area contributed by atoms with E-state index in [-0.39, 0.29) is 5.91 Å². The van der Waals surface area contributed by atoms with Gasteiger partial charge in [-0.2, -0.15) is 0 Å². The largest absolute Gasteiger partial charge is 0.497 e. The molecule has 138 valence electrons. The van der Waals surface area contributed by atoms with Crippen molar-refractivity contribution in [2.45, 2.75) is 0 Å². The van der Waals surface area contributed by atoms with Crippen molar-refractivity contribution in [1.82, 2.24) is 4.98 Å². The van der Waals surface area contributed by atoms with Crippen molar-refractivity contribution in [3.05, 3.63) is 84.4 Å². The first kappa shape index (κ1) is 17.5. The molecule has 28 heavy (non-hydrogen) atoms. The van der Waals surface area contributed by atoms with E-state index in [1.807, 2.05) is 72.8 Å². The summed E-state index contributed by atoms with van der Waals surface area (Å²) in [5.41, 5.74) is 3.80. The Balaban J connectivity index is 1.53. The molecule has 0 aliphatic carbocycles. The number of carbonyl (C=O) groups is 1. The van der Waals surface area contributed by atoms with Crippen molar-refractivity contribution in [3.63, 3.8) is 0 Å². The van der Waals surface area contributed by atoms with Crippen LogP contribution in [-0.2, 0) is 4.79 Å². The Morgan fingerprint density at radius 2 is 1.89 bits per heavy atom. The number of methoxy groups -OCH3 is 1. The van der Waals surface area contributed by atoms with E-state index in [4.69, 9.17) is 9.15 Å². The van der Waals surface area contributed by atoms with Gasteiger partial charge in [0.1, 0.15) is 11.3 Å². The Morgan fingerprint density at radius 1 is 1.04 bits per heavy atom. The molecule has 4 rings (SSSR count). The van der Waals surface area contributed by atoms with Gasteiger partial charge in [0, 0.05) is 23.4 Å². The van der Waals surface area contributed by atoms with Gasteiger partial charge < -0.3 is 14.5 Å². The van der Waals surface area contributed by atoms with Gasteiger partial charge in [0.15, 0.2) is 5.58 Å². The minimum atomic E-state index is -0.205. The first-order valence-electron chi connectivity index (χ1n) is 8.80. The quantitative estimate of drug-likeness (QED) is 0.493. The molecule has 0 aliphatic heterocycles. The Bertz CT molecular complexity index is 1150. The van der Waals surface area contributed by atoms with Crippen LogP contribution in [0.1, 0.15) is 5.56 Å². The molecule has 0 atom stereocenters. The number of hydrogen-bond donors (Lipinski definition) is 1. The number of oxazole rings is 1. The van der Waals surface area contributed by atoms with E-state index in [0.29, 0.717) is 17.2 Å². The summed E-state index contributed by atoms with van der Waals surface area (Å²) in [4.78, 5) is 16.7. The molecule has 1 aromatic heterocycles. The number of aromatic nitrogens is 1. The molecule has 0 fully saturated rings. The van der Waals surface area contributed by atoms with E-state index in [1.54, 1.807) is 13.2 Å². The first-order chi connectivity index (χ1) is 13.7. The lowest BCUT2D eigenvalue weighted by Crippen LogP contribution is -2.07. The first-order valence-corrected chi connectivity index (χ1v) is 8.80. The van der Waals surface area contributed by atoms with Gasteiger partial charge in [0.05, 0.1) is 7.11 Å². The van der Waals surface area contributed by atoms with Crippen molar-refractivity contribution in [1.29, 1.82) is 0 Å². The summed E-state index contributed by atoms with van der Waals surface area (Å²) in [6.45, 7) is 0. The summed E-state index contributed by atoms with van der Waals surface area (Å²) < 4.78 is 11.0. The predicted octanol–water partition coefficient (Wildman–Crippen LogP) is 5.16. The summed E-state index contributed by atoms with van der Waals surface area (Å²) in [6, 6.07) is 22.5. The van der Waals surface area contributed by atoms with Crippen molar-refractivity contribution in [2.75, 3.05) is 12.4 Å². The van der Waals surface area contributed by atoms with Gasteiger partial charge in [0.2, 0.25) is 11.8 Å². The third-order valence-electron chi connectivity index (χ3n) is 4.20. The Kier molecular flexibility index (Phi) is 4.89. The maximum absolute atomic E-state index is 12.2. The molecule has 1 amide bonds. The number of hydrogen-bond acceptors (Lipinski definition) is 4. The number of nitrogens with one attached hydrogen (secondary N) is 1. The van der Waals surface area contributed by atoms with Crippen LogP contribution in [0, 0.1) is 0 Å². The van der Waals surface area contributed by atoms with E-state index in [2.05, 4.69) is 10.3 Å². The second-order valence-corrected chi connectivity index (χ2v) is 6.17. The van der Waals surface area contributed by atoms with Gasteiger partial charge in [-0.25, -0.2) is 4.98 Å². The van der Waals surface area contributed by atoms with Crippen LogP contribution in [0.3, 0.4) is 0 Å². The van der Waals surface area contributed by atoms with Gasteiger partial charge in [-0.1, -0.05) is 36.4 Å². The molecule has 0 bridgehead atoms. The lowest BCUT2D eigenvalue weighted by Gasteiger charge is -2.03. The fourth-order valence-electron chi connectivity index (χ4n) is 2.81. The highest BCUT2D eigenvalue weighted by Crippen LogP contribution is 2.28. The average Bonchev–Trinajstić information content (AvgIpc) is 3.16. The third kappa shape index (κ3) is 3.94. The minimum Gasteiger partial charge on any atom is -0.497 e. The number of benzene rings is 3. The Hall–Kier alpha value is -3.86. The summed E-state index contributed by atoms with van der Waals surface area (Å²) in [5, 5.41) is 2.86. The van der Waals surface area contributed by atoms with Crippen molar-refractivity contribution < 1.29 is 13.9 Å². The zero-order valence-electron chi connectivity index (χ0n) is 15.3. The van der Waals surface area contributed by atoms with Crippen LogP contribution in [0.4, 0.5) is 5.69 Å². The summed E-state index contributed by atoms with van der Waals surface area (Å²) in [6.07, 6.45) is 3.28. The van der Waals surface area contributed by atoms with Crippen LogP contribution in [0.5, 0.6) is 5.75 Å². The SMILES string of the molecule is COc1ccc2oc(-c3cccc(NC(=O)C=Cc4ccccc4)c3)nc2c1. The summed E-state index contributed by atoms with van der Waals surface area (Å²) in [7, 11) is 1.61. The fraction of sp³-hybridized carbons (Fsp3) is 0.0435. The van der Waals surface area contributed by atoms with Gasteiger partial charge in [-0.3, -0.25) is 4.79 Å². The van der Waals surface area contributed by atoms with E-state index in [0.717, 1.165) is 22.4 Å². The maximum atomic E-state index is 12.2. The van der Waals surface area contributed by atoms with Gasteiger partial charge in [-0.15, -0.1) is 0 Å². The zero-order valence-corrected chi connectivity index (χ0v) is 15.3. The second kappa shape index (κ2) is 7.80. The highest BCUT2D eigenvalue weighted by atomic mass is 16.5. The van der Waals surface area contributed by atoms with E-state index < -0.39 is 0 Å². The number of rotatable bonds is 5. The number of carbonyl (C=O) groups excluding carboxylic acids is 1. The molecular formula is C23H18N2O3. The number of fused-ring (bicyclic) bond motifs is 1. The molecule has 0 spiro atoms. The van der Waals surface area contributed by atoms with E-state index >= 15 is 0 Å².